The molecule has 20 heavy (non-hydrogen) atoms. The normalized spacial score (nSPS) is 14.5. The lowest BCUT2D eigenvalue weighted by molar-refractivity contribution is -0.122. The van der Waals surface area contributed by atoms with Crippen molar-refractivity contribution in [1.82, 2.24) is 0 Å². The summed E-state index contributed by atoms with van der Waals surface area (Å²) in [6, 6.07) is 0. The Bertz CT molecular complexity index is 340. The van der Waals surface area contributed by atoms with Crippen LogP contribution < -0.4 is 0 Å². The van der Waals surface area contributed by atoms with Gasteiger partial charge in [0.2, 0.25) is 0 Å². The second kappa shape index (κ2) is 8.52. The summed E-state index contributed by atoms with van der Waals surface area (Å²) < 4.78 is 6.23. The lowest BCUT2D eigenvalue weighted by Gasteiger charge is -2.38. The van der Waals surface area contributed by atoms with E-state index in [1.807, 2.05) is 0 Å². The molecule has 0 spiro atoms. The molecule has 0 heterocycles. The minimum Gasteiger partial charge on any atom is -0.407 e. The highest BCUT2D eigenvalue weighted by molar-refractivity contribution is 6.74. The van der Waals surface area contributed by atoms with Crippen LogP contribution in [0, 0.1) is 0 Å². The highest BCUT2D eigenvalue weighted by Gasteiger charge is 2.40. The Morgan fingerprint density at radius 1 is 1.25 bits per heavy atom. The first kappa shape index (κ1) is 19.3. The molecule has 0 fully saturated rings. The minimum atomic E-state index is -1.97. The lowest BCUT2D eigenvalue weighted by atomic mass is 10.1. The molecule has 0 unspecified atom stereocenters. The summed E-state index contributed by atoms with van der Waals surface area (Å²) in [6.07, 6.45) is 6.76. The van der Waals surface area contributed by atoms with Gasteiger partial charge in [-0.3, -0.25) is 9.59 Å². The standard InChI is InChI=1S/C16H30O3Si/c1-7-8-9-12-15(14(18)11-10-13-17)19-20(5,6)16(2,3)4/h10-11,13,15H,7-9,12H2,1-6H3/b11-10+/t15-/m1/s1. The molecule has 0 bridgehead atoms. The van der Waals surface area contributed by atoms with Crippen LogP contribution in [0.15, 0.2) is 12.2 Å². The van der Waals surface area contributed by atoms with Crippen molar-refractivity contribution < 1.29 is 14.0 Å². The van der Waals surface area contributed by atoms with Crippen LogP contribution in [0.1, 0.15) is 53.4 Å². The van der Waals surface area contributed by atoms with Gasteiger partial charge in [-0.05, 0) is 36.7 Å². The second-order valence-electron chi connectivity index (χ2n) is 6.76. The van der Waals surface area contributed by atoms with E-state index in [1.54, 1.807) is 0 Å². The molecular formula is C16H30O3Si. The van der Waals surface area contributed by atoms with E-state index in [2.05, 4.69) is 40.8 Å². The molecule has 3 nitrogen and oxygen atoms in total. The Labute approximate surface area is 124 Å². The number of ketones is 1. The van der Waals surface area contributed by atoms with Crippen molar-refractivity contribution in [3.63, 3.8) is 0 Å². The lowest BCUT2D eigenvalue weighted by Crippen LogP contribution is -2.45. The van der Waals surface area contributed by atoms with Crippen molar-refractivity contribution in [3.8, 4) is 0 Å². The van der Waals surface area contributed by atoms with Crippen LogP contribution in [0.3, 0.4) is 0 Å². The van der Waals surface area contributed by atoms with Crippen molar-refractivity contribution in [2.45, 2.75) is 77.6 Å². The van der Waals surface area contributed by atoms with Crippen LogP contribution in [-0.4, -0.2) is 26.5 Å². The van der Waals surface area contributed by atoms with Crippen molar-refractivity contribution in [3.05, 3.63) is 12.2 Å². The second-order valence-corrected chi connectivity index (χ2v) is 11.5. The largest absolute Gasteiger partial charge is 0.407 e. The number of unbranched alkanes of at least 4 members (excludes halogenated alkanes) is 2. The van der Waals surface area contributed by atoms with E-state index in [-0.39, 0.29) is 10.8 Å². The van der Waals surface area contributed by atoms with E-state index in [0.717, 1.165) is 25.7 Å². The van der Waals surface area contributed by atoms with E-state index in [4.69, 9.17) is 4.43 Å². The first-order chi connectivity index (χ1) is 9.15. The van der Waals surface area contributed by atoms with Crippen molar-refractivity contribution in [2.75, 3.05) is 0 Å². The average Bonchev–Trinajstić information content (AvgIpc) is 2.33. The van der Waals surface area contributed by atoms with Crippen LogP contribution in [0.5, 0.6) is 0 Å². The molecule has 4 heteroatoms. The van der Waals surface area contributed by atoms with E-state index in [1.165, 1.54) is 12.2 Å². The van der Waals surface area contributed by atoms with E-state index in [9.17, 15) is 9.59 Å². The fraction of sp³-hybridized carbons (Fsp3) is 0.750. The summed E-state index contributed by atoms with van der Waals surface area (Å²) in [7, 11) is -1.97. The van der Waals surface area contributed by atoms with E-state index in [0.29, 0.717) is 6.29 Å². The highest BCUT2D eigenvalue weighted by Crippen LogP contribution is 2.37. The molecule has 0 aromatic carbocycles. The molecule has 0 radical (unpaired) electrons. The van der Waals surface area contributed by atoms with Crippen molar-refractivity contribution in [1.29, 1.82) is 0 Å². The molecule has 0 aliphatic rings. The summed E-state index contributed by atoms with van der Waals surface area (Å²) in [5, 5.41) is 0.0741. The SMILES string of the molecule is CCCCC[C@@H](O[Si](C)(C)C(C)(C)C)C(=O)/C=C/C=O. The molecule has 0 aromatic rings. The van der Waals surface area contributed by atoms with Gasteiger partial charge in [0.1, 0.15) is 12.4 Å². The van der Waals surface area contributed by atoms with Crippen LogP contribution >= 0.6 is 0 Å². The first-order valence-electron chi connectivity index (χ1n) is 7.49. The zero-order valence-corrected chi connectivity index (χ0v) is 14.9. The molecule has 0 saturated carbocycles. The smallest absolute Gasteiger partial charge is 0.193 e. The minimum absolute atomic E-state index is 0.0741. The van der Waals surface area contributed by atoms with Crippen LogP contribution in [0.2, 0.25) is 18.1 Å². The number of allylic oxidation sites excluding steroid dienone is 1. The number of hydrogen-bond acceptors (Lipinski definition) is 3. The molecule has 1 atom stereocenters. The molecular weight excluding hydrogens is 268 g/mol. The summed E-state index contributed by atoms with van der Waals surface area (Å²) in [5.41, 5.74) is 0. The third-order valence-corrected chi connectivity index (χ3v) is 8.46. The average molecular weight is 298 g/mol. The number of carbonyl (C=O) groups excluding carboxylic acids is 2. The van der Waals surface area contributed by atoms with Gasteiger partial charge in [0, 0.05) is 0 Å². The summed E-state index contributed by atoms with van der Waals surface area (Å²) >= 11 is 0. The van der Waals surface area contributed by atoms with Gasteiger partial charge in [-0.25, -0.2) is 0 Å². The van der Waals surface area contributed by atoms with Gasteiger partial charge >= 0.3 is 0 Å². The predicted octanol–water partition coefficient (Wildman–Crippen LogP) is 4.28. The molecule has 116 valence electrons. The topological polar surface area (TPSA) is 43.4 Å². The van der Waals surface area contributed by atoms with Crippen LogP contribution in [-0.2, 0) is 14.0 Å². The fourth-order valence-electron chi connectivity index (χ4n) is 1.61. The summed E-state index contributed by atoms with van der Waals surface area (Å²) in [6.45, 7) is 12.9. The third-order valence-electron chi connectivity index (χ3n) is 3.97. The zero-order valence-electron chi connectivity index (χ0n) is 13.9. The maximum atomic E-state index is 12.2. The summed E-state index contributed by atoms with van der Waals surface area (Å²) in [4.78, 5) is 22.5. The Kier molecular flexibility index (Phi) is 8.21. The van der Waals surface area contributed by atoms with Gasteiger partial charge in [-0.15, -0.1) is 0 Å². The highest BCUT2D eigenvalue weighted by atomic mass is 28.4. The third kappa shape index (κ3) is 6.62. The van der Waals surface area contributed by atoms with E-state index >= 15 is 0 Å². The van der Waals surface area contributed by atoms with Crippen LogP contribution in [0.4, 0.5) is 0 Å². The van der Waals surface area contributed by atoms with Gasteiger partial charge < -0.3 is 4.43 Å². The Morgan fingerprint density at radius 2 is 1.85 bits per heavy atom. The number of hydrogen-bond donors (Lipinski definition) is 0. The van der Waals surface area contributed by atoms with Gasteiger partial charge in [0.15, 0.2) is 14.1 Å². The van der Waals surface area contributed by atoms with E-state index < -0.39 is 14.4 Å². The van der Waals surface area contributed by atoms with Crippen molar-refractivity contribution >= 4 is 20.4 Å². The zero-order chi connectivity index (χ0) is 15.8. The van der Waals surface area contributed by atoms with Gasteiger partial charge in [-0.2, -0.15) is 0 Å². The molecule has 0 N–H and O–H groups in total. The molecule has 0 aliphatic carbocycles. The predicted molar refractivity (Wildman–Crippen MR) is 86.4 cm³/mol. The first-order valence-corrected chi connectivity index (χ1v) is 10.4. The monoisotopic (exact) mass is 298 g/mol. The molecule has 0 aliphatic heterocycles. The van der Waals surface area contributed by atoms with Gasteiger partial charge in [0.25, 0.3) is 0 Å². The van der Waals surface area contributed by atoms with Crippen LogP contribution in [0.25, 0.3) is 0 Å². The number of rotatable bonds is 9. The molecule has 0 saturated heterocycles. The number of carbonyl (C=O) groups is 2. The molecule has 0 amide bonds. The maximum absolute atomic E-state index is 12.2. The quantitative estimate of drug-likeness (QED) is 0.276. The summed E-state index contributed by atoms with van der Waals surface area (Å²) in [5.74, 6) is -0.0852. The fourth-order valence-corrected chi connectivity index (χ4v) is 2.91. The Balaban J connectivity index is 4.88. The number of aldehydes is 1. The Morgan fingerprint density at radius 3 is 2.30 bits per heavy atom. The Hall–Kier alpha value is -0.743. The maximum Gasteiger partial charge on any atom is 0.193 e. The van der Waals surface area contributed by atoms with Gasteiger partial charge in [-0.1, -0.05) is 47.0 Å². The van der Waals surface area contributed by atoms with Gasteiger partial charge in [0.05, 0.1) is 0 Å². The molecule has 0 rings (SSSR count). The van der Waals surface area contributed by atoms with Crippen molar-refractivity contribution in [2.24, 2.45) is 0 Å². The molecule has 0 aromatic heterocycles.